The van der Waals surface area contributed by atoms with Crippen LogP contribution in [-0.4, -0.2) is 22.2 Å². The second-order valence-electron chi connectivity index (χ2n) is 5.07. The molecule has 0 heterocycles. The second kappa shape index (κ2) is 9.13. The van der Waals surface area contributed by atoms with Gasteiger partial charge in [0.2, 0.25) is 0 Å². The quantitative estimate of drug-likeness (QED) is 0.643. The van der Waals surface area contributed by atoms with Crippen molar-refractivity contribution < 1.29 is 19.8 Å². The molecule has 0 fully saturated rings. The van der Waals surface area contributed by atoms with Crippen molar-refractivity contribution in [1.29, 1.82) is 0 Å². The summed E-state index contributed by atoms with van der Waals surface area (Å²) in [6.07, 6.45) is 4.67. The lowest BCUT2D eigenvalue weighted by molar-refractivity contribution is -0.142. The maximum Gasteiger partial charge on any atom is 0.306 e. The van der Waals surface area contributed by atoms with Gasteiger partial charge in [-0.2, -0.15) is 0 Å². The first-order valence-corrected chi connectivity index (χ1v) is 7.08. The molecule has 4 nitrogen and oxygen atoms in total. The molecular formula is C16H22O4. The first kappa shape index (κ1) is 16.2. The van der Waals surface area contributed by atoms with Crippen molar-refractivity contribution in [2.75, 3.05) is 0 Å². The van der Waals surface area contributed by atoms with Crippen LogP contribution in [0.25, 0.3) is 0 Å². The van der Waals surface area contributed by atoms with E-state index in [0.717, 1.165) is 24.8 Å². The van der Waals surface area contributed by atoms with Crippen LogP contribution in [0.1, 0.15) is 44.1 Å². The van der Waals surface area contributed by atoms with E-state index in [1.54, 1.807) is 0 Å². The summed E-state index contributed by atoms with van der Waals surface area (Å²) in [6, 6.07) is 9.65. The predicted octanol–water partition coefficient (Wildman–Crippen LogP) is 3.36. The SMILES string of the molecule is O=C(O)CCCCCCC(Cc1ccccc1)C(=O)O. The van der Waals surface area contributed by atoms with Crippen LogP contribution < -0.4 is 0 Å². The van der Waals surface area contributed by atoms with Crippen LogP contribution in [0.4, 0.5) is 0 Å². The van der Waals surface area contributed by atoms with Crippen molar-refractivity contribution in [3.8, 4) is 0 Å². The standard InChI is InChI=1S/C16H22O4/c17-15(18)11-7-2-1-6-10-14(16(19)20)12-13-8-4-3-5-9-13/h3-5,8-9,14H,1-2,6-7,10-12H2,(H,17,18)(H,19,20). The third-order valence-electron chi connectivity index (χ3n) is 3.37. The van der Waals surface area contributed by atoms with E-state index in [9.17, 15) is 14.7 Å². The van der Waals surface area contributed by atoms with Crippen LogP contribution in [0.3, 0.4) is 0 Å². The van der Waals surface area contributed by atoms with E-state index >= 15 is 0 Å². The molecule has 0 saturated carbocycles. The van der Waals surface area contributed by atoms with Crippen molar-refractivity contribution in [3.63, 3.8) is 0 Å². The number of rotatable bonds is 10. The largest absolute Gasteiger partial charge is 0.481 e. The number of carboxylic acid groups (broad SMARTS) is 2. The van der Waals surface area contributed by atoms with Gasteiger partial charge in [0.05, 0.1) is 5.92 Å². The molecule has 0 radical (unpaired) electrons. The summed E-state index contributed by atoms with van der Waals surface area (Å²) >= 11 is 0. The molecule has 110 valence electrons. The minimum atomic E-state index is -0.766. The summed E-state index contributed by atoms with van der Waals surface area (Å²) in [5.74, 6) is -1.87. The van der Waals surface area contributed by atoms with Gasteiger partial charge in [0.1, 0.15) is 0 Å². The molecule has 0 spiro atoms. The van der Waals surface area contributed by atoms with Gasteiger partial charge < -0.3 is 10.2 Å². The van der Waals surface area contributed by atoms with Gasteiger partial charge in [0.25, 0.3) is 0 Å². The van der Waals surface area contributed by atoms with Crippen LogP contribution in [0.2, 0.25) is 0 Å². The molecule has 0 bridgehead atoms. The van der Waals surface area contributed by atoms with E-state index in [2.05, 4.69) is 0 Å². The molecule has 4 heteroatoms. The highest BCUT2D eigenvalue weighted by Crippen LogP contribution is 2.17. The van der Waals surface area contributed by atoms with Crippen LogP contribution >= 0.6 is 0 Å². The zero-order valence-electron chi connectivity index (χ0n) is 11.6. The number of hydrogen-bond donors (Lipinski definition) is 2. The minimum Gasteiger partial charge on any atom is -0.481 e. The minimum absolute atomic E-state index is 0.201. The van der Waals surface area contributed by atoms with Crippen molar-refractivity contribution in [2.24, 2.45) is 5.92 Å². The highest BCUT2D eigenvalue weighted by atomic mass is 16.4. The lowest BCUT2D eigenvalue weighted by Gasteiger charge is -2.12. The zero-order chi connectivity index (χ0) is 14.8. The number of hydrogen-bond acceptors (Lipinski definition) is 2. The molecule has 1 unspecified atom stereocenters. The normalized spacial score (nSPS) is 12.0. The van der Waals surface area contributed by atoms with Crippen LogP contribution in [0, 0.1) is 5.92 Å². The fraction of sp³-hybridized carbons (Fsp3) is 0.500. The van der Waals surface area contributed by atoms with E-state index < -0.39 is 11.9 Å². The number of unbranched alkanes of at least 4 members (excludes halogenated alkanes) is 3. The summed E-state index contributed by atoms with van der Waals surface area (Å²) in [4.78, 5) is 21.6. The maximum absolute atomic E-state index is 11.2. The van der Waals surface area contributed by atoms with Crippen molar-refractivity contribution in [2.45, 2.75) is 44.9 Å². The lowest BCUT2D eigenvalue weighted by atomic mass is 9.93. The van der Waals surface area contributed by atoms with E-state index in [1.807, 2.05) is 30.3 Å². The smallest absolute Gasteiger partial charge is 0.306 e. The Kier molecular flexibility index (Phi) is 7.40. The van der Waals surface area contributed by atoms with Crippen LogP contribution in [-0.2, 0) is 16.0 Å². The molecule has 0 aromatic heterocycles. The molecule has 1 aromatic rings. The van der Waals surface area contributed by atoms with E-state index in [0.29, 0.717) is 19.3 Å². The summed E-state index contributed by atoms with van der Waals surface area (Å²) < 4.78 is 0. The van der Waals surface area contributed by atoms with Gasteiger partial charge in [-0.05, 0) is 24.8 Å². The van der Waals surface area contributed by atoms with Gasteiger partial charge in [-0.25, -0.2) is 0 Å². The van der Waals surface area contributed by atoms with Crippen LogP contribution in [0.15, 0.2) is 30.3 Å². The second-order valence-corrected chi connectivity index (χ2v) is 5.07. The van der Waals surface area contributed by atoms with Gasteiger partial charge in [-0.3, -0.25) is 9.59 Å². The number of benzene rings is 1. The molecule has 0 saturated heterocycles. The van der Waals surface area contributed by atoms with Gasteiger partial charge in [-0.15, -0.1) is 0 Å². The molecule has 1 atom stereocenters. The molecule has 0 aliphatic carbocycles. The molecule has 20 heavy (non-hydrogen) atoms. The Hall–Kier alpha value is -1.84. The number of carbonyl (C=O) groups is 2. The van der Waals surface area contributed by atoms with Gasteiger partial charge in [0, 0.05) is 6.42 Å². The Morgan fingerprint density at radius 1 is 0.950 bits per heavy atom. The van der Waals surface area contributed by atoms with Gasteiger partial charge in [-0.1, -0.05) is 49.6 Å². The fourth-order valence-electron chi connectivity index (χ4n) is 2.23. The average Bonchev–Trinajstić information content (AvgIpc) is 2.42. The molecule has 2 N–H and O–H groups in total. The highest BCUT2D eigenvalue weighted by molar-refractivity contribution is 5.70. The molecule has 0 amide bonds. The first-order valence-electron chi connectivity index (χ1n) is 7.08. The Balaban J connectivity index is 2.26. The summed E-state index contributed by atoms with van der Waals surface area (Å²) in [5.41, 5.74) is 1.05. The molecule has 1 rings (SSSR count). The van der Waals surface area contributed by atoms with E-state index in [4.69, 9.17) is 5.11 Å². The lowest BCUT2D eigenvalue weighted by Crippen LogP contribution is -2.16. The molecular weight excluding hydrogens is 256 g/mol. The summed E-state index contributed by atoms with van der Waals surface area (Å²) in [5, 5.41) is 17.7. The van der Waals surface area contributed by atoms with E-state index in [1.165, 1.54) is 0 Å². The highest BCUT2D eigenvalue weighted by Gasteiger charge is 2.17. The Morgan fingerprint density at radius 3 is 2.20 bits per heavy atom. The third-order valence-corrected chi connectivity index (χ3v) is 3.37. The Bertz CT molecular complexity index is 414. The van der Waals surface area contributed by atoms with Crippen molar-refractivity contribution in [3.05, 3.63) is 35.9 Å². The Labute approximate surface area is 119 Å². The first-order chi connectivity index (χ1) is 9.59. The molecule has 0 aliphatic heterocycles. The van der Waals surface area contributed by atoms with Crippen molar-refractivity contribution >= 4 is 11.9 Å². The van der Waals surface area contributed by atoms with Gasteiger partial charge in [0.15, 0.2) is 0 Å². The predicted molar refractivity (Wildman–Crippen MR) is 76.6 cm³/mol. The molecule has 1 aromatic carbocycles. The topological polar surface area (TPSA) is 74.6 Å². The van der Waals surface area contributed by atoms with Crippen molar-refractivity contribution in [1.82, 2.24) is 0 Å². The number of aliphatic carboxylic acids is 2. The van der Waals surface area contributed by atoms with E-state index in [-0.39, 0.29) is 12.3 Å². The maximum atomic E-state index is 11.2. The summed E-state index contributed by atoms with van der Waals surface area (Å²) in [7, 11) is 0. The fourth-order valence-corrected chi connectivity index (χ4v) is 2.23. The third kappa shape index (κ3) is 6.92. The molecule has 0 aliphatic rings. The number of carboxylic acids is 2. The monoisotopic (exact) mass is 278 g/mol. The average molecular weight is 278 g/mol. The Morgan fingerprint density at radius 2 is 1.60 bits per heavy atom. The summed E-state index contributed by atoms with van der Waals surface area (Å²) in [6.45, 7) is 0. The van der Waals surface area contributed by atoms with Gasteiger partial charge >= 0.3 is 11.9 Å². The zero-order valence-corrected chi connectivity index (χ0v) is 11.6. The van der Waals surface area contributed by atoms with Crippen LogP contribution in [0.5, 0.6) is 0 Å².